The molecule has 0 unspecified atom stereocenters. The van der Waals surface area contributed by atoms with E-state index in [9.17, 15) is 14.4 Å². The summed E-state index contributed by atoms with van der Waals surface area (Å²) in [6.45, 7) is 13.5. The van der Waals surface area contributed by atoms with Crippen LogP contribution in [0.3, 0.4) is 0 Å². The van der Waals surface area contributed by atoms with Crippen LogP contribution in [0.5, 0.6) is 0 Å². The first-order valence-electron chi connectivity index (χ1n) is 9.55. The number of piperazine rings is 1. The lowest BCUT2D eigenvalue weighted by atomic mass is 10.1. The molecule has 0 aliphatic carbocycles. The minimum atomic E-state index is -0.448. The molecule has 1 aromatic rings. The van der Waals surface area contributed by atoms with Crippen LogP contribution in [0.1, 0.15) is 46.0 Å². The van der Waals surface area contributed by atoms with Gasteiger partial charge in [-0.25, -0.2) is 9.59 Å². The van der Waals surface area contributed by atoms with Gasteiger partial charge in [-0.15, -0.1) is 6.58 Å². The lowest BCUT2D eigenvalue weighted by Gasteiger charge is -2.34. The molecule has 28 heavy (non-hydrogen) atoms. The Bertz CT molecular complexity index is 760. The van der Waals surface area contributed by atoms with E-state index in [-0.39, 0.29) is 18.6 Å². The van der Waals surface area contributed by atoms with Crippen molar-refractivity contribution in [2.24, 2.45) is 0 Å². The molecule has 2 heterocycles. The quantitative estimate of drug-likeness (QED) is 0.549. The Morgan fingerprint density at radius 1 is 1.00 bits per heavy atom. The number of carbonyl (C=O) groups excluding carboxylic acids is 3. The minimum Gasteiger partial charge on any atom is -0.461 e. The van der Waals surface area contributed by atoms with Crippen molar-refractivity contribution in [3.05, 3.63) is 35.2 Å². The number of allylic oxidation sites excluding steroid dienone is 1. The molecule has 0 bridgehead atoms. The largest absolute Gasteiger partial charge is 0.461 e. The molecule has 8 heteroatoms. The van der Waals surface area contributed by atoms with Gasteiger partial charge in [-0.3, -0.25) is 4.79 Å². The van der Waals surface area contributed by atoms with Crippen molar-refractivity contribution in [3.8, 4) is 0 Å². The van der Waals surface area contributed by atoms with Gasteiger partial charge in [-0.05, 0) is 33.3 Å². The zero-order valence-corrected chi connectivity index (χ0v) is 17.1. The number of amides is 2. The first kappa shape index (κ1) is 21.5. The summed E-state index contributed by atoms with van der Waals surface area (Å²) in [4.78, 5) is 40.8. The van der Waals surface area contributed by atoms with Crippen molar-refractivity contribution in [2.45, 2.75) is 34.2 Å². The summed E-state index contributed by atoms with van der Waals surface area (Å²) in [7, 11) is 0. The van der Waals surface area contributed by atoms with Crippen LogP contribution in [-0.2, 0) is 16.0 Å². The molecular weight excluding hydrogens is 362 g/mol. The van der Waals surface area contributed by atoms with Crippen molar-refractivity contribution in [3.63, 3.8) is 0 Å². The summed E-state index contributed by atoms with van der Waals surface area (Å²) < 4.78 is 12.0. The SMILES string of the molecule is C=CCn1c(C)c(C(=O)N2CCN(C(=O)OCC)CC2)c(C)c1C(=O)OCC. The van der Waals surface area contributed by atoms with Gasteiger partial charge in [0.25, 0.3) is 5.91 Å². The van der Waals surface area contributed by atoms with E-state index >= 15 is 0 Å². The molecule has 0 radical (unpaired) electrons. The summed E-state index contributed by atoms with van der Waals surface area (Å²) in [5.41, 5.74) is 2.20. The van der Waals surface area contributed by atoms with Crippen LogP contribution in [0.2, 0.25) is 0 Å². The van der Waals surface area contributed by atoms with Gasteiger partial charge in [0.05, 0.1) is 18.8 Å². The number of rotatable bonds is 6. The molecule has 1 aliphatic heterocycles. The second-order valence-corrected chi connectivity index (χ2v) is 6.53. The molecule has 2 rings (SSSR count). The summed E-state index contributed by atoms with van der Waals surface area (Å²) in [6, 6.07) is 0. The summed E-state index contributed by atoms with van der Waals surface area (Å²) in [6.07, 6.45) is 1.32. The number of nitrogens with zero attached hydrogens (tertiary/aromatic N) is 3. The van der Waals surface area contributed by atoms with Gasteiger partial charge in [-0.1, -0.05) is 6.08 Å². The summed E-state index contributed by atoms with van der Waals surface area (Å²) >= 11 is 0. The Kier molecular flexibility index (Phi) is 7.25. The van der Waals surface area contributed by atoms with Crippen molar-refractivity contribution < 1.29 is 23.9 Å². The number of esters is 1. The molecule has 0 spiro atoms. The van der Waals surface area contributed by atoms with Crippen LogP contribution in [0.4, 0.5) is 4.79 Å². The van der Waals surface area contributed by atoms with Crippen LogP contribution in [0.15, 0.2) is 12.7 Å². The predicted octanol–water partition coefficient (Wildman–Crippen LogP) is 2.38. The van der Waals surface area contributed by atoms with E-state index in [0.717, 1.165) is 0 Å². The van der Waals surface area contributed by atoms with Gasteiger partial charge in [0.15, 0.2) is 0 Å². The fourth-order valence-electron chi connectivity index (χ4n) is 3.50. The van der Waals surface area contributed by atoms with Gasteiger partial charge in [0, 0.05) is 38.4 Å². The molecule has 0 N–H and O–H groups in total. The monoisotopic (exact) mass is 391 g/mol. The standard InChI is InChI=1S/C20H29N3O5/c1-6-9-23-15(5)16(14(4)17(23)19(25)27-7-2)18(24)21-10-12-22(13-11-21)20(26)28-8-3/h6H,1,7-13H2,2-5H3. The van der Waals surface area contributed by atoms with E-state index in [1.165, 1.54) is 0 Å². The highest BCUT2D eigenvalue weighted by Crippen LogP contribution is 2.25. The molecule has 2 amide bonds. The predicted molar refractivity (Wildman–Crippen MR) is 105 cm³/mol. The number of hydrogen-bond donors (Lipinski definition) is 0. The minimum absolute atomic E-state index is 0.146. The number of aromatic nitrogens is 1. The second kappa shape index (κ2) is 9.43. The highest BCUT2D eigenvalue weighted by atomic mass is 16.6. The smallest absolute Gasteiger partial charge is 0.409 e. The third kappa shape index (κ3) is 4.21. The summed E-state index contributed by atoms with van der Waals surface area (Å²) in [5.74, 6) is -0.594. The van der Waals surface area contributed by atoms with Gasteiger partial charge in [0.1, 0.15) is 5.69 Å². The van der Waals surface area contributed by atoms with E-state index in [0.29, 0.717) is 61.8 Å². The lowest BCUT2D eigenvalue weighted by molar-refractivity contribution is 0.0513. The van der Waals surface area contributed by atoms with Gasteiger partial charge in [-0.2, -0.15) is 0 Å². The third-order valence-electron chi connectivity index (χ3n) is 4.85. The van der Waals surface area contributed by atoms with Crippen LogP contribution >= 0.6 is 0 Å². The lowest BCUT2D eigenvalue weighted by Crippen LogP contribution is -2.50. The molecule has 1 saturated heterocycles. The molecule has 0 aromatic carbocycles. The van der Waals surface area contributed by atoms with Crippen molar-refractivity contribution in [1.29, 1.82) is 0 Å². The average molecular weight is 391 g/mol. The Morgan fingerprint density at radius 2 is 1.57 bits per heavy atom. The summed E-state index contributed by atoms with van der Waals surface area (Å²) in [5, 5.41) is 0. The fourth-order valence-corrected chi connectivity index (χ4v) is 3.50. The highest BCUT2D eigenvalue weighted by molar-refractivity contribution is 6.01. The molecule has 0 atom stereocenters. The number of hydrogen-bond acceptors (Lipinski definition) is 5. The van der Waals surface area contributed by atoms with E-state index in [1.807, 2.05) is 6.92 Å². The van der Waals surface area contributed by atoms with Crippen molar-refractivity contribution >= 4 is 18.0 Å². The first-order valence-corrected chi connectivity index (χ1v) is 9.55. The van der Waals surface area contributed by atoms with Crippen LogP contribution < -0.4 is 0 Å². The maximum absolute atomic E-state index is 13.2. The zero-order valence-electron chi connectivity index (χ0n) is 17.1. The van der Waals surface area contributed by atoms with Crippen LogP contribution in [0, 0.1) is 13.8 Å². The van der Waals surface area contributed by atoms with E-state index in [1.54, 1.807) is 41.2 Å². The molecule has 154 valence electrons. The fraction of sp³-hybridized carbons (Fsp3) is 0.550. The van der Waals surface area contributed by atoms with Crippen molar-refractivity contribution in [2.75, 3.05) is 39.4 Å². The Morgan fingerprint density at radius 3 is 2.11 bits per heavy atom. The molecule has 1 aliphatic rings. The molecular formula is C20H29N3O5. The highest BCUT2D eigenvalue weighted by Gasteiger charge is 2.31. The van der Waals surface area contributed by atoms with E-state index < -0.39 is 5.97 Å². The number of carbonyl (C=O) groups is 3. The van der Waals surface area contributed by atoms with E-state index in [4.69, 9.17) is 9.47 Å². The first-order chi connectivity index (χ1) is 13.4. The second-order valence-electron chi connectivity index (χ2n) is 6.53. The molecule has 1 fully saturated rings. The Hall–Kier alpha value is -2.77. The average Bonchev–Trinajstić information content (AvgIpc) is 2.92. The van der Waals surface area contributed by atoms with Crippen molar-refractivity contribution in [1.82, 2.24) is 14.4 Å². The maximum Gasteiger partial charge on any atom is 0.409 e. The van der Waals surface area contributed by atoms with Gasteiger partial charge in [0.2, 0.25) is 0 Å². The van der Waals surface area contributed by atoms with Crippen LogP contribution in [0.25, 0.3) is 0 Å². The Labute approximate surface area is 165 Å². The zero-order chi connectivity index (χ0) is 20.8. The third-order valence-corrected chi connectivity index (χ3v) is 4.85. The Balaban J connectivity index is 2.26. The molecule has 8 nitrogen and oxygen atoms in total. The number of ether oxygens (including phenoxy) is 2. The van der Waals surface area contributed by atoms with Gasteiger partial charge < -0.3 is 23.8 Å². The van der Waals surface area contributed by atoms with Gasteiger partial charge >= 0.3 is 12.1 Å². The topological polar surface area (TPSA) is 81.1 Å². The van der Waals surface area contributed by atoms with E-state index in [2.05, 4.69) is 6.58 Å². The maximum atomic E-state index is 13.2. The molecule has 0 saturated carbocycles. The molecule has 1 aromatic heterocycles. The van der Waals surface area contributed by atoms with Crippen LogP contribution in [-0.4, -0.2) is 71.7 Å². The normalized spacial score (nSPS) is 14.0.